The van der Waals surface area contributed by atoms with Crippen LogP contribution in [0.15, 0.2) is 22.7 Å². The van der Waals surface area contributed by atoms with E-state index < -0.39 is 11.7 Å². The first-order valence-electron chi connectivity index (χ1n) is 5.63. The van der Waals surface area contributed by atoms with Gasteiger partial charge in [0.2, 0.25) is 0 Å². The maximum atomic E-state index is 12.6. The number of ether oxygens (including phenoxy) is 1. The van der Waals surface area contributed by atoms with Gasteiger partial charge in [-0.2, -0.15) is 13.2 Å². The molecule has 0 spiro atoms. The molecule has 0 saturated heterocycles. The minimum Gasteiger partial charge on any atom is -0.385 e. The maximum absolute atomic E-state index is 12.6. The van der Waals surface area contributed by atoms with Crippen molar-refractivity contribution in [3.63, 3.8) is 0 Å². The van der Waals surface area contributed by atoms with Crippen molar-refractivity contribution in [3.8, 4) is 0 Å². The normalized spacial score (nSPS) is 11.6. The van der Waals surface area contributed by atoms with E-state index in [-0.39, 0.29) is 4.47 Å². The molecule has 0 aliphatic carbocycles. The second-order valence-electron chi connectivity index (χ2n) is 3.67. The highest BCUT2D eigenvalue weighted by Crippen LogP contribution is 2.36. The number of nitrogens with one attached hydrogen (secondary N) is 1. The zero-order chi connectivity index (χ0) is 13.6. The number of anilines is 1. The lowest BCUT2D eigenvalue weighted by molar-refractivity contribution is -0.138. The predicted octanol–water partition coefficient (Wildman–Crippen LogP) is 4.31. The Morgan fingerprint density at radius 3 is 2.67 bits per heavy atom. The third-order valence-corrected chi connectivity index (χ3v) is 2.96. The van der Waals surface area contributed by atoms with E-state index in [4.69, 9.17) is 4.74 Å². The highest BCUT2D eigenvalue weighted by molar-refractivity contribution is 9.10. The molecule has 1 aromatic carbocycles. The standard InChI is InChI=1S/C12H15BrF3NO/c1-2-18-7-3-6-17-9-4-5-11(13)10(8-9)12(14,15)16/h4-5,8,17H,2-3,6-7H2,1H3. The van der Waals surface area contributed by atoms with Crippen molar-refractivity contribution in [1.29, 1.82) is 0 Å². The second-order valence-corrected chi connectivity index (χ2v) is 4.52. The van der Waals surface area contributed by atoms with Crippen molar-refractivity contribution in [2.45, 2.75) is 19.5 Å². The molecule has 0 atom stereocenters. The third kappa shape index (κ3) is 4.86. The summed E-state index contributed by atoms with van der Waals surface area (Å²) < 4.78 is 43.1. The molecule has 0 aliphatic heterocycles. The molecular weight excluding hydrogens is 311 g/mol. The third-order valence-electron chi connectivity index (χ3n) is 2.27. The minimum absolute atomic E-state index is 0.0508. The first-order valence-corrected chi connectivity index (χ1v) is 6.42. The Labute approximate surface area is 113 Å². The summed E-state index contributed by atoms with van der Waals surface area (Å²) in [7, 11) is 0. The quantitative estimate of drug-likeness (QED) is 0.787. The van der Waals surface area contributed by atoms with Crippen molar-refractivity contribution in [1.82, 2.24) is 0 Å². The molecule has 18 heavy (non-hydrogen) atoms. The van der Waals surface area contributed by atoms with Crippen molar-refractivity contribution in [2.24, 2.45) is 0 Å². The van der Waals surface area contributed by atoms with E-state index in [1.807, 2.05) is 6.92 Å². The van der Waals surface area contributed by atoms with Gasteiger partial charge in [-0.3, -0.25) is 0 Å². The molecule has 2 nitrogen and oxygen atoms in total. The number of alkyl halides is 3. The number of hydrogen-bond acceptors (Lipinski definition) is 2. The van der Waals surface area contributed by atoms with Crippen molar-refractivity contribution in [3.05, 3.63) is 28.2 Å². The fourth-order valence-electron chi connectivity index (χ4n) is 1.40. The molecule has 0 bridgehead atoms. The second kappa shape index (κ2) is 6.99. The SMILES string of the molecule is CCOCCCNc1ccc(Br)c(C(F)(F)F)c1. The number of benzene rings is 1. The van der Waals surface area contributed by atoms with Gasteiger partial charge in [0.15, 0.2) is 0 Å². The summed E-state index contributed by atoms with van der Waals surface area (Å²) in [6, 6.07) is 4.11. The van der Waals surface area contributed by atoms with E-state index in [0.29, 0.717) is 25.4 Å². The van der Waals surface area contributed by atoms with Gasteiger partial charge in [0.1, 0.15) is 0 Å². The molecule has 0 amide bonds. The van der Waals surface area contributed by atoms with Gasteiger partial charge in [0.05, 0.1) is 5.56 Å². The predicted molar refractivity (Wildman–Crippen MR) is 68.7 cm³/mol. The molecule has 0 radical (unpaired) electrons. The summed E-state index contributed by atoms with van der Waals surface area (Å²) in [6.07, 6.45) is -3.59. The first-order chi connectivity index (χ1) is 8.45. The molecule has 0 aliphatic rings. The summed E-state index contributed by atoms with van der Waals surface area (Å²) in [6.45, 7) is 3.74. The minimum atomic E-state index is -4.35. The topological polar surface area (TPSA) is 21.3 Å². The molecule has 0 fully saturated rings. The molecule has 0 unspecified atom stereocenters. The van der Waals surface area contributed by atoms with E-state index in [0.717, 1.165) is 12.5 Å². The molecule has 0 heterocycles. The lowest BCUT2D eigenvalue weighted by atomic mass is 10.2. The van der Waals surface area contributed by atoms with Crippen molar-refractivity contribution < 1.29 is 17.9 Å². The summed E-state index contributed by atoms with van der Waals surface area (Å²) in [5, 5.41) is 2.94. The molecule has 0 saturated carbocycles. The van der Waals surface area contributed by atoms with Crippen LogP contribution in [0.4, 0.5) is 18.9 Å². The van der Waals surface area contributed by atoms with Crippen LogP contribution in [0.5, 0.6) is 0 Å². The summed E-state index contributed by atoms with van der Waals surface area (Å²) in [5.74, 6) is 0. The Morgan fingerprint density at radius 1 is 1.33 bits per heavy atom. The van der Waals surface area contributed by atoms with Crippen LogP contribution in [-0.4, -0.2) is 19.8 Å². The Balaban J connectivity index is 2.57. The lowest BCUT2D eigenvalue weighted by Crippen LogP contribution is -2.09. The molecule has 6 heteroatoms. The number of hydrogen-bond donors (Lipinski definition) is 1. The number of rotatable bonds is 6. The maximum Gasteiger partial charge on any atom is 0.417 e. The Kier molecular flexibility index (Phi) is 5.95. The Hall–Kier alpha value is -0.750. The smallest absolute Gasteiger partial charge is 0.385 e. The van der Waals surface area contributed by atoms with Gasteiger partial charge in [-0.15, -0.1) is 0 Å². The largest absolute Gasteiger partial charge is 0.417 e. The van der Waals surface area contributed by atoms with Crippen LogP contribution >= 0.6 is 15.9 Å². The van der Waals surface area contributed by atoms with Gasteiger partial charge in [-0.05, 0) is 31.5 Å². The molecule has 1 N–H and O–H groups in total. The van der Waals surface area contributed by atoms with Crippen LogP contribution in [0.25, 0.3) is 0 Å². The average molecular weight is 326 g/mol. The highest BCUT2D eigenvalue weighted by Gasteiger charge is 2.33. The van der Waals surface area contributed by atoms with E-state index in [9.17, 15) is 13.2 Å². The fraction of sp³-hybridized carbons (Fsp3) is 0.500. The summed E-state index contributed by atoms with van der Waals surface area (Å²) >= 11 is 2.90. The summed E-state index contributed by atoms with van der Waals surface area (Å²) in [5.41, 5.74) is -0.209. The van der Waals surface area contributed by atoms with E-state index in [2.05, 4.69) is 21.2 Å². The number of halogens is 4. The monoisotopic (exact) mass is 325 g/mol. The van der Waals surface area contributed by atoms with Crippen molar-refractivity contribution in [2.75, 3.05) is 25.1 Å². The van der Waals surface area contributed by atoms with Crippen LogP contribution < -0.4 is 5.32 Å². The van der Waals surface area contributed by atoms with Crippen LogP contribution in [0, 0.1) is 0 Å². The molecule has 0 aromatic heterocycles. The van der Waals surface area contributed by atoms with Crippen LogP contribution in [0.1, 0.15) is 18.9 Å². The van der Waals surface area contributed by atoms with Gasteiger partial charge in [0, 0.05) is 29.9 Å². The van der Waals surface area contributed by atoms with Crippen LogP contribution in [0.3, 0.4) is 0 Å². The van der Waals surface area contributed by atoms with Gasteiger partial charge in [-0.1, -0.05) is 15.9 Å². The highest BCUT2D eigenvalue weighted by atomic mass is 79.9. The zero-order valence-corrected chi connectivity index (χ0v) is 11.6. The lowest BCUT2D eigenvalue weighted by Gasteiger charge is -2.12. The van der Waals surface area contributed by atoms with Gasteiger partial charge in [-0.25, -0.2) is 0 Å². The van der Waals surface area contributed by atoms with Gasteiger partial charge in [0.25, 0.3) is 0 Å². The fourth-order valence-corrected chi connectivity index (χ4v) is 1.88. The van der Waals surface area contributed by atoms with Gasteiger partial charge >= 0.3 is 6.18 Å². The van der Waals surface area contributed by atoms with Crippen molar-refractivity contribution >= 4 is 21.6 Å². The van der Waals surface area contributed by atoms with Crippen LogP contribution in [-0.2, 0) is 10.9 Å². The molecular formula is C12H15BrF3NO. The van der Waals surface area contributed by atoms with Crippen LogP contribution in [0.2, 0.25) is 0 Å². The zero-order valence-electron chi connectivity index (χ0n) is 9.98. The Morgan fingerprint density at radius 2 is 2.06 bits per heavy atom. The van der Waals surface area contributed by atoms with E-state index >= 15 is 0 Å². The average Bonchev–Trinajstić information content (AvgIpc) is 2.29. The van der Waals surface area contributed by atoms with E-state index in [1.54, 1.807) is 6.07 Å². The Bertz CT molecular complexity index is 382. The molecule has 1 rings (SSSR count). The molecule has 102 valence electrons. The van der Waals surface area contributed by atoms with Gasteiger partial charge < -0.3 is 10.1 Å². The summed E-state index contributed by atoms with van der Waals surface area (Å²) in [4.78, 5) is 0. The first kappa shape index (κ1) is 15.3. The van der Waals surface area contributed by atoms with E-state index in [1.165, 1.54) is 6.07 Å². The molecule has 1 aromatic rings.